The fourth-order valence-corrected chi connectivity index (χ4v) is 1.70. The normalized spacial score (nSPS) is 8.41. The van der Waals surface area contributed by atoms with E-state index >= 15 is 0 Å². The minimum absolute atomic E-state index is 0.164. The van der Waals surface area contributed by atoms with Gasteiger partial charge in [0.15, 0.2) is 9.84 Å². The van der Waals surface area contributed by atoms with E-state index < -0.39 is 9.84 Å². The molecule has 0 heterocycles. The standard InChI is InChI=1S/C8H10O2S.3C2H6/c1-2-11(9,10)8-6-4-3-5-7-8;3*1-2/h3-7H,2H2,1H3;3*1-2H3. The average Bonchev–Trinajstić information content (AvgIpc) is 2.46. The first kappa shape index (κ1) is 21.5. The highest BCUT2D eigenvalue weighted by Gasteiger charge is 2.08. The summed E-state index contributed by atoms with van der Waals surface area (Å²) in [7, 11) is -3.00. The Morgan fingerprint density at radius 1 is 0.824 bits per heavy atom. The molecule has 2 nitrogen and oxygen atoms in total. The monoisotopic (exact) mass is 260 g/mol. The molecule has 0 N–H and O–H groups in total. The van der Waals surface area contributed by atoms with Gasteiger partial charge in [0.25, 0.3) is 0 Å². The van der Waals surface area contributed by atoms with Crippen molar-refractivity contribution in [3.05, 3.63) is 30.3 Å². The fourth-order valence-electron chi connectivity index (χ4n) is 0.794. The van der Waals surface area contributed by atoms with Gasteiger partial charge in [-0.2, -0.15) is 0 Å². The average molecular weight is 260 g/mol. The molecular formula is C14H28O2S. The summed E-state index contributed by atoms with van der Waals surface area (Å²) >= 11 is 0. The molecule has 1 aromatic rings. The summed E-state index contributed by atoms with van der Waals surface area (Å²) in [5, 5.41) is 0. The topological polar surface area (TPSA) is 34.1 Å². The Morgan fingerprint density at radius 2 is 1.18 bits per heavy atom. The van der Waals surface area contributed by atoms with Crippen LogP contribution in [0.15, 0.2) is 35.2 Å². The predicted molar refractivity (Wildman–Crippen MR) is 78.2 cm³/mol. The van der Waals surface area contributed by atoms with E-state index in [1.165, 1.54) is 0 Å². The molecule has 0 aromatic heterocycles. The van der Waals surface area contributed by atoms with Crippen molar-refractivity contribution in [3.63, 3.8) is 0 Å². The molecular weight excluding hydrogens is 232 g/mol. The molecule has 102 valence electrons. The van der Waals surface area contributed by atoms with Gasteiger partial charge in [-0.25, -0.2) is 8.42 Å². The van der Waals surface area contributed by atoms with E-state index in [0.717, 1.165) is 0 Å². The van der Waals surface area contributed by atoms with Gasteiger partial charge in [-0.15, -0.1) is 0 Å². The molecule has 1 aromatic carbocycles. The lowest BCUT2D eigenvalue weighted by Gasteiger charge is -1.98. The first-order valence-corrected chi connectivity index (χ1v) is 8.10. The van der Waals surface area contributed by atoms with E-state index in [4.69, 9.17) is 0 Å². The van der Waals surface area contributed by atoms with Gasteiger partial charge in [0.05, 0.1) is 10.6 Å². The number of hydrogen-bond acceptors (Lipinski definition) is 2. The van der Waals surface area contributed by atoms with Crippen LogP contribution in [-0.2, 0) is 9.84 Å². The molecule has 0 aliphatic rings. The summed E-state index contributed by atoms with van der Waals surface area (Å²) in [6, 6.07) is 8.47. The van der Waals surface area contributed by atoms with Gasteiger partial charge < -0.3 is 0 Å². The van der Waals surface area contributed by atoms with Crippen LogP contribution in [0.2, 0.25) is 0 Å². The fraction of sp³-hybridized carbons (Fsp3) is 0.571. The summed E-state index contributed by atoms with van der Waals surface area (Å²) in [5.74, 6) is 0.164. The van der Waals surface area contributed by atoms with E-state index in [-0.39, 0.29) is 5.75 Å². The second kappa shape index (κ2) is 15.2. The van der Waals surface area contributed by atoms with Crippen LogP contribution < -0.4 is 0 Å². The molecule has 0 radical (unpaired) electrons. The van der Waals surface area contributed by atoms with Crippen molar-refractivity contribution in [2.45, 2.75) is 53.4 Å². The highest BCUT2D eigenvalue weighted by atomic mass is 32.2. The highest BCUT2D eigenvalue weighted by molar-refractivity contribution is 7.91. The third kappa shape index (κ3) is 10.1. The molecule has 0 amide bonds. The SMILES string of the molecule is CC.CC.CC.CCS(=O)(=O)c1ccccc1. The molecule has 0 bridgehead atoms. The Kier molecular flexibility index (Phi) is 19.1. The predicted octanol–water partition coefficient (Wildman–Crippen LogP) is 4.56. The summed E-state index contributed by atoms with van der Waals surface area (Å²) in [4.78, 5) is 0.405. The molecule has 0 fully saturated rings. The van der Waals surface area contributed by atoms with Crippen molar-refractivity contribution < 1.29 is 8.42 Å². The van der Waals surface area contributed by atoms with Crippen molar-refractivity contribution in [1.29, 1.82) is 0 Å². The van der Waals surface area contributed by atoms with Crippen molar-refractivity contribution in [1.82, 2.24) is 0 Å². The van der Waals surface area contributed by atoms with E-state index in [1.807, 2.05) is 41.5 Å². The molecule has 0 saturated carbocycles. The van der Waals surface area contributed by atoms with Gasteiger partial charge in [0.1, 0.15) is 0 Å². The zero-order valence-corrected chi connectivity index (χ0v) is 13.1. The van der Waals surface area contributed by atoms with Gasteiger partial charge in [0, 0.05) is 0 Å². The Balaban J connectivity index is -0.000000285. The second-order valence-corrected chi connectivity index (χ2v) is 4.49. The summed E-state index contributed by atoms with van der Waals surface area (Å²) in [6.07, 6.45) is 0. The van der Waals surface area contributed by atoms with Crippen molar-refractivity contribution in [3.8, 4) is 0 Å². The zero-order valence-electron chi connectivity index (χ0n) is 12.3. The van der Waals surface area contributed by atoms with Crippen LogP contribution in [0, 0.1) is 0 Å². The van der Waals surface area contributed by atoms with Crippen molar-refractivity contribution >= 4 is 9.84 Å². The number of rotatable bonds is 2. The summed E-state index contributed by atoms with van der Waals surface area (Å²) < 4.78 is 22.4. The maximum absolute atomic E-state index is 11.2. The van der Waals surface area contributed by atoms with Crippen LogP contribution in [-0.4, -0.2) is 14.2 Å². The maximum atomic E-state index is 11.2. The van der Waals surface area contributed by atoms with Gasteiger partial charge in [-0.05, 0) is 12.1 Å². The summed E-state index contributed by atoms with van der Waals surface area (Å²) in [5.41, 5.74) is 0. The molecule has 17 heavy (non-hydrogen) atoms. The number of hydrogen-bond donors (Lipinski definition) is 0. The molecule has 0 atom stereocenters. The summed E-state index contributed by atoms with van der Waals surface area (Å²) in [6.45, 7) is 13.6. The third-order valence-electron chi connectivity index (χ3n) is 1.48. The molecule has 0 saturated heterocycles. The largest absolute Gasteiger partial charge is 0.224 e. The Bertz CT molecular complexity index is 315. The third-order valence-corrected chi connectivity index (χ3v) is 3.23. The van der Waals surface area contributed by atoms with E-state index in [9.17, 15) is 8.42 Å². The van der Waals surface area contributed by atoms with Crippen LogP contribution in [0.4, 0.5) is 0 Å². The molecule has 1 rings (SSSR count). The van der Waals surface area contributed by atoms with Crippen LogP contribution >= 0.6 is 0 Å². The molecule has 0 aliphatic heterocycles. The number of benzene rings is 1. The first-order chi connectivity index (χ1) is 8.17. The Labute approximate surface area is 108 Å². The van der Waals surface area contributed by atoms with E-state index in [2.05, 4.69) is 0 Å². The van der Waals surface area contributed by atoms with Crippen molar-refractivity contribution in [2.24, 2.45) is 0 Å². The van der Waals surface area contributed by atoms with E-state index in [0.29, 0.717) is 4.90 Å². The van der Waals surface area contributed by atoms with Crippen LogP contribution in [0.1, 0.15) is 48.5 Å². The highest BCUT2D eigenvalue weighted by Crippen LogP contribution is 2.08. The lowest BCUT2D eigenvalue weighted by Crippen LogP contribution is -2.02. The molecule has 0 aliphatic carbocycles. The van der Waals surface area contributed by atoms with E-state index in [1.54, 1.807) is 37.3 Å². The van der Waals surface area contributed by atoms with Gasteiger partial charge >= 0.3 is 0 Å². The lowest BCUT2D eigenvalue weighted by molar-refractivity contribution is 0.597. The molecule has 3 heteroatoms. The van der Waals surface area contributed by atoms with Gasteiger partial charge in [-0.1, -0.05) is 66.7 Å². The van der Waals surface area contributed by atoms with Crippen molar-refractivity contribution in [2.75, 3.05) is 5.75 Å². The number of sulfone groups is 1. The second-order valence-electron chi connectivity index (χ2n) is 2.22. The Morgan fingerprint density at radius 3 is 1.47 bits per heavy atom. The zero-order chi connectivity index (χ0) is 14.3. The van der Waals surface area contributed by atoms with Gasteiger partial charge in [-0.3, -0.25) is 0 Å². The quantitative estimate of drug-likeness (QED) is 0.781. The molecule has 0 unspecified atom stereocenters. The minimum atomic E-state index is -3.00. The maximum Gasteiger partial charge on any atom is 0.178 e. The Hall–Kier alpha value is -0.830. The van der Waals surface area contributed by atoms with Crippen LogP contribution in [0.3, 0.4) is 0 Å². The van der Waals surface area contributed by atoms with Crippen LogP contribution in [0.5, 0.6) is 0 Å². The molecule has 0 spiro atoms. The van der Waals surface area contributed by atoms with Gasteiger partial charge in [0.2, 0.25) is 0 Å². The smallest absolute Gasteiger partial charge is 0.178 e. The first-order valence-electron chi connectivity index (χ1n) is 6.44. The van der Waals surface area contributed by atoms with Crippen LogP contribution in [0.25, 0.3) is 0 Å². The lowest BCUT2D eigenvalue weighted by atomic mass is 10.4. The minimum Gasteiger partial charge on any atom is -0.224 e.